The predicted octanol–water partition coefficient (Wildman–Crippen LogP) is 3.14. The first-order chi connectivity index (χ1) is 18.1. The molecule has 0 spiro atoms. The van der Waals surface area contributed by atoms with Crippen LogP contribution in [0.15, 0.2) is 35.2 Å². The maximum atomic E-state index is 13.2. The van der Waals surface area contributed by atoms with E-state index in [2.05, 4.69) is 40.4 Å². The van der Waals surface area contributed by atoms with Gasteiger partial charge >= 0.3 is 0 Å². The second kappa shape index (κ2) is 12.1. The van der Waals surface area contributed by atoms with Crippen molar-refractivity contribution in [3.63, 3.8) is 0 Å². The molecule has 1 fully saturated rings. The van der Waals surface area contributed by atoms with Crippen molar-refractivity contribution in [3.05, 3.63) is 52.6 Å². The topological polar surface area (TPSA) is 82.2 Å². The average Bonchev–Trinajstić information content (AvgIpc) is 3.08. The SMILES string of the molecule is COc1cc(C)c(S(=O)(=O)N(C)CCC(=O)NC2CCN(c3ccc4c(c3)CCN(C)CC4)CC2)c(C)c1. The van der Waals surface area contributed by atoms with Gasteiger partial charge in [-0.1, -0.05) is 6.07 Å². The van der Waals surface area contributed by atoms with Gasteiger partial charge in [0.2, 0.25) is 15.9 Å². The van der Waals surface area contributed by atoms with Crippen molar-refractivity contribution < 1.29 is 17.9 Å². The van der Waals surface area contributed by atoms with Gasteiger partial charge in [-0.25, -0.2) is 12.7 Å². The molecule has 1 N–H and O–H groups in total. The zero-order chi connectivity index (χ0) is 27.4. The molecule has 0 radical (unpaired) electrons. The van der Waals surface area contributed by atoms with Crippen LogP contribution in [0.4, 0.5) is 5.69 Å². The number of hydrogen-bond acceptors (Lipinski definition) is 6. The standard InChI is InChI=1S/C29H42N4O4S/c1-21-18-27(37-5)19-22(2)29(21)38(35,36)32(4)15-12-28(34)30-25-10-16-33(17-11-25)26-7-6-23-8-13-31(3)14-9-24(23)20-26/h6-7,18-20,25H,8-17H2,1-5H3,(H,30,34). The molecule has 0 aromatic heterocycles. The van der Waals surface area contributed by atoms with E-state index in [1.165, 1.54) is 28.2 Å². The Morgan fingerprint density at radius 1 is 1.03 bits per heavy atom. The van der Waals surface area contributed by atoms with Gasteiger partial charge in [0, 0.05) is 57.9 Å². The quantitative estimate of drug-likeness (QED) is 0.552. The van der Waals surface area contributed by atoms with Crippen LogP contribution >= 0.6 is 0 Å². The van der Waals surface area contributed by atoms with E-state index in [-0.39, 0.29) is 29.8 Å². The molecular weight excluding hydrogens is 500 g/mol. The van der Waals surface area contributed by atoms with Gasteiger partial charge in [-0.15, -0.1) is 0 Å². The minimum atomic E-state index is -3.72. The van der Waals surface area contributed by atoms with Gasteiger partial charge in [-0.2, -0.15) is 0 Å². The Labute approximate surface area is 228 Å². The molecule has 0 unspecified atom stereocenters. The van der Waals surface area contributed by atoms with Crippen LogP contribution in [-0.2, 0) is 27.7 Å². The van der Waals surface area contributed by atoms with Crippen molar-refractivity contribution in [2.45, 2.75) is 56.9 Å². The summed E-state index contributed by atoms with van der Waals surface area (Å²) in [7, 11) is 1.56. The van der Waals surface area contributed by atoms with Crippen LogP contribution in [0.2, 0.25) is 0 Å². The number of methoxy groups -OCH3 is 1. The maximum Gasteiger partial charge on any atom is 0.243 e. The van der Waals surface area contributed by atoms with Crippen LogP contribution in [-0.4, -0.2) is 83.5 Å². The zero-order valence-corrected chi connectivity index (χ0v) is 24.2. The fourth-order valence-electron chi connectivity index (χ4n) is 5.57. The summed E-state index contributed by atoms with van der Waals surface area (Å²) in [6.45, 7) is 7.66. The molecule has 0 saturated carbocycles. The number of sulfonamides is 1. The lowest BCUT2D eigenvalue weighted by Crippen LogP contribution is -2.45. The Morgan fingerprint density at radius 2 is 1.66 bits per heavy atom. The molecular formula is C29H42N4O4S. The highest BCUT2D eigenvalue weighted by molar-refractivity contribution is 7.89. The Hall–Kier alpha value is -2.62. The Morgan fingerprint density at radius 3 is 2.29 bits per heavy atom. The van der Waals surface area contributed by atoms with Crippen LogP contribution in [0.1, 0.15) is 41.5 Å². The number of carbonyl (C=O) groups excluding carboxylic acids is 1. The van der Waals surface area contributed by atoms with E-state index in [4.69, 9.17) is 4.74 Å². The number of rotatable bonds is 8. The average molecular weight is 543 g/mol. The minimum absolute atomic E-state index is 0.108. The number of anilines is 1. The molecule has 2 aromatic rings. The number of ether oxygens (including phenoxy) is 1. The predicted molar refractivity (Wildman–Crippen MR) is 152 cm³/mol. The normalized spacial score (nSPS) is 17.3. The van der Waals surface area contributed by atoms with Gasteiger partial charge in [0.05, 0.1) is 12.0 Å². The van der Waals surface area contributed by atoms with Gasteiger partial charge in [0.1, 0.15) is 5.75 Å². The number of fused-ring (bicyclic) bond motifs is 1. The molecule has 4 rings (SSSR count). The highest BCUT2D eigenvalue weighted by atomic mass is 32.2. The van der Waals surface area contributed by atoms with Gasteiger partial charge in [-0.05, 0) is 93.1 Å². The number of nitrogens with zero attached hydrogens (tertiary/aromatic N) is 3. The van der Waals surface area contributed by atoms with Gasteiger partial charge < -0.3 is 19.9 Å². The Kier molecular flexibility index (Phi) is 9.00. The zero-order valence-electron chi connectivity index (χ0n) is 23.4. The van der Waals surface area contributed by atoms with Crippen molar-refractivity contribution in [3.8, 4) is 5.75 Å². The molecule has 2 aliphatic heterocycles. The van der Waals surface area contributed by atoms with Gasteiger partial charge in [-0.3, -0.25) is 4.79 Å². The van der Waals surface area contributed by atoms with E-state index in [1.54, 1.807) is 33.1 Å². The monoisotopic (exact) mass is 542 g/mol. The Balaban J connectivity index is 1.27. The van der Waals surface area contributed by atoms with E-state index < -0.39 is 10.0 Å². The molecule has 2 heterocycles. The smallest absolute Gasteiger partial charge is 0.243 e. The fourth-order valence-corrected chi connectivity index (χ4v) is 7.15. The molecule has 2 aliphatic rings. The fraction of sp³-hybridized carbons (Fsp3) is 0.552. The van der Waals surface area contributed by atoms with Crippen molar-refractivity contribution in [1.82, 2.24) is 14.5 Å². The van der Waals surface area contributed by atoms with Crippen molar-refractivity contribution >= 4 is 21.6 Å². The first-order valence-electron chi connectivity index (χ1n) is 13.5. The van der Waals surface area contributed by atoms with E-state index in [0.717, 1.165) is 51.9 Å². The second-order valence-electron chi connectivity index (χ2n) is 10.8. The van der Waals surface area contributed by atoms with E-state index in [1.807, 2.05) is 0 Å². The number of hydrogen-bond donors (Lipinski definition) is 1. The van der Waals surface area contributed by atoms with Crippen molar-refractivity contribution in [1.29, 1.82) is 0 Å². The molecule has 0 bridgehead atoms. The third-order valence-electron chi connectivity index (χ3n) is 7.93. The number of nitrogens with one attached hydrogen (secondary N) is 1. The van der Waals surface area contributed by atoms with Crippen LogP contribution in [0.3, 0.4) is 0 Å². The lowest BCUT2D eigenvalue weighted by molar-refractivity contribution is -0.122. The summed E-state index contributed by atoms with van der Waals surface area (Å²) >= 11 is 0. The van der Waals surface area contributed by atoms with Gasteiger partial charge in [0.15, 0.2) is 0 Å². The molecule has 208 valence electrons. The van der Waals surface area contributed by atoms with Gasteiger partial charge in [0.25, 0.3) is 0 Å². The van der Waals surface area contributed by atoms with Crippen LogP contribution in [0.25, 0.3) is 0 Å². The summed E-state index contributed by atoms with van der Waals surface area (Å²) in [5.74, 6) is 0.518. The summed E-state index contributed by atoms with van der Waals surface area (Å²) in [6.07, 6.45) is 4.08. The summed E-state index contributed by atoms with van der Waals surface area (Å²) in [4.78, 5) is 17.8. The molecule has 1 amide bonds. The third-order valence-corrected chi connectivity index (χ3v) is 10.1. The largest absolute Gasteiger partial charge is 0.497 e. The molecule has 0 aliphatic carbocycles. The first-order valence-corrected chi connectivity index (χ1v) is 15.0. The molecule has 1 saturated heterocycles. The van der Waals surface area contributed by atoms with E-state index in [0.29, 0.717) is 16.9 Å². The molecule has 8 nitrogen and oxygen atoms in total. The number of piperidine rings is 1. The lowest BCUT2D eigenvalue weighted by Gasteiger charge is -2.34. The number of aryl methyl sites for hydroxylation is 2. The number of carbonyl (C=O) groups is 1. The number of benzene rings is 2. The Bertz CT molecular complexity index is 1230. The van der Waals surface area contributed by atoms with Crippen molar-refractivity contribution in [2.24, 2.45) is 0 Å². The van der Waals surface area contributed by atoms with Crippen LogP contribution in [0, 0.1) is 13.8 Å². The molecule has 2 aromatic carbocycles. The van der Waals surface area contributed by atoms with E-state index >= 15 is 0 Å². The molecule has 0 atom stereocenters. The maximum absolute atomic E-state index is 13.2. The van der Waals surface area contributed by atoms with Crippen LogP contribution in [0.5, 0.6) is 5.75 Å². The summed E-state index contributed by atoms with van der Waals surface area (Å²) in [5.41, 5.74) is 5.46. The number of likely N-dealkylation sites (N-methyl/N-ethyl adjacent to an activating group) is 1. The van der Waals surface area contributed by atoms with Crippen LogP contribution < -0.4 is 15.0 Å². The molecule has 38 heavy (non-hydrogen) atoms. The van der Waals surface area contributed by atoms with Crippen molar-refractivity contribution in [2.75, 3.05) is 58.8 Å². The highest BCUT2D eigenvalue weighted by Gasteiger charge is 2.27. The lowest BCUT2D eigenvalue weighted by atomic mass is 10.00. The summed E-state index contributed by atoms with van der Waals surface area (Å²) < 4.78 is 33.0. The summed E-state index contributed by atoms with van der Waals surface area (Å²) in [6, 6.07) is 10.4. The second-order valence-corrected chi connectivity index (χ2v) is 12.7. The summed E-state index contributed by atoms with van der Waals surface area (Å²) in [5, 5.41) is 3.13. The first kappa shape index (κ1) is 28.4. The minimum Gasteiger partial charge on any atom is -0.497 e. The highest BCUT2D eigenvalue weighted by Crippen LogP contribution is 2.28. The number of amides is 1. The van der Waals surface area contributed by atoms with E-state index in [9.17, 15) is 13.2 Å². The molecule has 9 heteroatoms. The third kappa shape index (κ3) is 6.50.